The molecule has 0 bridgehead atoms. The number of rotatable bonds is 6. The lowest BCUT2D eigenvalue weighted by Crippen LogP contribution is -2.47. The first-order chi connectivity index (χ1) is 13.2. The molecule has 0 radical (unpaired) electrons. The van der Waals surface area contributed by atoms with Crippen molar-refractivity contribution in [2.24, 2.45) is 5.92 Å². The zero-order valence-corrected chi connectivity index (χ0v) is 16.6. The van der Waals surface area contributed by atoms with Gasteiger partial charge in [-0.2, -0.15) is 0 Å². The highest BCUT2D eigenvalue weighted by atomic mass is 16.5. The lowest BCUT2D eigenvalue weighted by Gasteiger charge is -2.37. The number of hydrogen-bond acceptors (Lipinski definition) is 4. The molecule has 0 aromatic heterocycles. The third kappa shape index (κ3) is 5.89. The Labute approximate surface area is 162 Å². The second-order valence-electron chi connectivity index (χ2n) is 7.61. The fourth-order valence-electron chi connectivity index (χ4n) is 3.88. The number of benzene rings is 1. The van der Waals surface area contributed by atoms with Gasteiger partial charge in [0.05, 0.1) is 19.3 Å². The first-order valence-corrected chi connectivity index (χ1v) is 9.99. The van der Waals surface area contributed by atoms with Crippen LogP contribution >= 0.6 is 0 Å². The van der Waals surface area contributed by atoms with E-state index >= 15 is 0 Å². The van der Waals surface area contributed by atoms with Crippen LogP contribution in [-0.2, 0) is 20.7 Å². The molecule has 27 heavy (non-hydrogen) atoms. The Morgan fingerprint density at radius 1 is 1.22 bits per heavy atom. The highest BCUT2D eigenvalue weighted by molar-refractivity contribution is 5.87. The number of carbonyl (C=O) groups excluding carboxylic acids is 1. The summed E-state index contributed by atoms with van der Waals surface area (Å²) in [5, 5.41) is 0. The maximum atomic E-state index is 12.5. The van der Waals surface area contributed by atoms with E-state index in [-0.39, 0.29) is 12.0 Å². The second-order valence-corrected chi connectivity index (χ2v) is 7.61. The van der Waals surface area contributed by atoms with Crippen molar-refractivity contribution in [2.75, 3.05) is 53.0 Å². The molecule has 1 amide bonds. The fourth-order valence-corrected chi connectivity index (χ4v) is 3.88. The van der Waals surface area contributed by atoms with Crippen molar-refractivity contribution < 1.29 is 14.3 Å². The minimum absolute atomic E-state index is 0.0941. The van der Waals surface area contributed by atoms with Crippen LogP contribution in [0, 0.1) is 12.8 Å². The summed E-state index contributed by atoms with van der Waals surface area (Å²) >= 11 is 0. The predicted octanol–water partition coefficient (Wildman–Crippen LogP) is 2.29. The topological polar surface area (TPSA) is 42.0 Å². The molecule has 2 aliphatic rings. The molecule has 148 valence electrons. The number of ether oxygens (including phenoxy) is 2. The molecule has 0 N–H and O–H groups in total. The molecule has 2 saturated heterocycles. The van der Waals surface area contributed by atoms with Crippen LogP contribution in [0.4, 0.5) is 0 Å². The van der Waals surface area contributed by atoms with Gasteiger partial charge in [0.1, 0.15) is 0 Å². The van der Waals surface area contributed by atoms with Crippen LogP contribution in [0.5, 0.6) is 0 Å². The molecule has 2 heterocycles. The third-order valence-electron chi connectivity index (χ3n) is 5.66. The number of morpholine rings is 1. The van der Waals surface area contributed by atoms with Crippen LogP contribution in [0.1, 0.15) is 17.5 Å². The summed E-state index contributed by atoms with van der Waals surface area (Å²) in [7, 11) is 1.76. The summed E-state index contributed by atoms with van der Waals surface area (Å²) in [5.41, 5.74) is 2.63. The average molecular weight is 373 g/mol. The van der Waals surface area contributed by atoms with E-state index in [2.05, 4.69) is 36.1 Å². The first-order valence-electron chi connectivity index (χ1n) is 9.99. The van der Waals surface area contributed by atoms with Gasteiger partial charge in [-0.1, -0.05) is 35.9 Å². The summed E-state index contributed by atoms with van der Waals surface area (Å²) in [4.78, 5) is 16.8. The summed E-state index contributed by atoms with van der Waals surface area (Å²) in [5.74, 6) is 0.554. The minimum atomic E-state index is 0.0941. The summed E-state index contributed by atoms with van der Waals surface area (Å²) in [6.45, 7) is 7.84. The van der Waals surface area contributed by atoms with Crippen molar-refractivity contribution in [3.63, 3.8) is 0 Å². The Morgan fingerprint density at radius 2 is 1.96 bits per heavy atom. The van der Waals surface area contributed by atoms with Crippen molar-refractivity contribution in [1.29, 1.82) is 0 Å². The number of likely N-dealkylation sites (tertiary alicyclic amines) is 1. The number of aryl methyl sites for hydroxylation is 1. The van der Waals surface area contributed by atoms with E-state index in [0.29, 0.717) is 12.5 Å². The summed E-state index contributed by atoms with van der Waals surface area (Å²) in [6, 6.07) is 8.73. The van der Waals surface area contributed by atoms with Crippen LogP contribution in [-0.4, -0.2) is 74.9 Å². The van der Waals surface area contributed by atoms with Gasteiger partial charge in [0, 0.05) is 45.9 Å². The minimum Gasteiger partial charge on any atom is -0.379 e. The van der Waals surface area contributed by atoms with E-state index in [1.54, 1.807) is 13.2 Å². The fraction of sp³-hybridized carbons (Fsp3) is 0.591. The van der Waals surface area contributed by atoms with Gasteiger partial charge in [-0.05, 0) is 31.2 Å². The van der Waals surface area contributed by atoms with E-state index < -0.39 is 0 Å². The van der Waals surface area contributed by atoms with E-state index in [1.807, 2.05) is 11.0 Å². The molecule has 0 spiro atoms. The lowest BCUT2D eigenvalue weighted by molar-refractivity contribution is -0.131. The van der Waals surface area contributed by atoms with Gasteiger partial charge in [-0.15, -0.1) is 0 Å². The lowest BCUT2D eigenvalue weighted by atomic mass is 9.87. The standard InChI is InChI=1S/C22H32N2O3/c1-18-5-7-19(8-6-18)16-20-9-11-24(17-21(20)26-2)22(25)4-3-10-23-12-14-27-15-13-23/h3-8,20-21H,9-17H2,1-2H3/t20-,21-/m1/s1. The zero-order chi connectivity index (χ0) is 19.1. The molecule has 0 aliphatic carbocycles. The van der Waals surface area contributed by atoms with Gasteiger partial charge >= 0.3 is 0 Å². The molecule has 2 fully saturated rings. The van der Waals surface area contributed by atoms with Crippen LogP contribution < -0.4 is 0 Å². The van der Waals surface area contributed by atoms with Gasteiger partial charge in [-0.25, -0.2) is 0 Å². The van der Waals surface area contributed by atoms with E-state index in [0.717, 1.165) is 52.2 Å². The van der Waals surface area contributed by atoms with E-state index in [9.17, 15) is 4.79 Å². The van der Waals surface area contributed by atoms with Crippen molar-refractivity contribution in [2.45, 2.75) is 25.9 Å². The largest absolute Gasteiger partial charge is 0.379 e. The van der Waals surface area contributed by atoms with Crippen molar-refractivity contribution >= 4 is 5.91 Å². The molecular formula is C22H32N2O3. The molecule has 0 saturated carbocycles. The third-order valence-corrected chi connectivity index (χ3v) is 5.66. The molecule has 3 rings (SSSR count). The molecular weight excluding hydrogens is 340 g/mol. The van der Waals surface area contributed by atoms with Gasteiger partial charge in [0.15, 0.2) is 0 Å². The van der Waals surface area contributed by atoms with E-state index in [4.69, 9.17) is 9.47 Å². The SMILES string of the molecule is CO[C@@H]1CN(C(=O)C=CCN2CCOCC2)CC[C@@H]1Cc1ccc(C)cc1. The smallest absolute Gasteiger partial charge is 0.246 e. The molecule has 2 aliphatic heterocycles. The quantitative estimate of drug-likeness (QED) is 0.719. The van der Waals surface area contributed by atoms with Crippen molar-refractivity contribution in [1.82, 2.24) is 9.80 Å². The van der Waals surface area contributed by atoms with Crippen LogP contribution in [0.25, 0.3) is 0 Å². The molecule has 0 unspecified atom stereocenters. The number of nitrogens with zero attached hydrogens (tertiary/aromatic N) is 2. The Kier molecular flexibility index (Phi) is 7.44. The highest BCUT2D eigenvalue weighted by Crippen LogP contribution is 2.24. The van der Waals surface area contributed by atoms with Gasteiger partial charge in [0.2, 0.25) is 5.91 Å². The zero-order valence-electron chi connectivity index (χ0n) is 16.6. The molecule has 5 heteroatoms. The average Bonchev–Trinajstić information content (AvgIpc) is 2.70. The Balaban J connectivity index is 1.49. The van der Waals surface area contributed by atoms with Crippen molar-refractivity contribution in [3.05, 3.63) is 47.5 Å². The highest BCUT2D eigenvalue weighted by Gasteiger charge is 2.30. The molecule has 1 aromatic carbocycles. The molecule has 2 atom stereocenters. The molecule has 5 nitrogen and oxygen atoms in total. The Morgan fingerprint density at radius 3 is 2.67 bits per heavy atom. The molecule has 1 aromatic rings. The van der Waals surface area contributed by atoms with Gasteiger partial charge < -0.3 is 14.4 Å². The maximum Gasteiger partial charge on any atom is 0.246 e. The number of methoxy groups -OCH3 is 1. The maximum absolute atomic E-state index is 12.5. The number of hydrogen-bond donors (Lipinski definition) is 0. The predicted molar refractivity (Wildman–Crippen MR) is 107 cm³/mol. The first kappa shape index (κ1) is 20.1. The monoisotopic (exact) mass is 372 g/mol. The number of amides is 1. The van der Waals surface area contributed by atoms with Gasteiger partial charge in [-0.3, -0.25) is 9.69 Å². The van der Waals surface area contributed by atoms with Crippen molar-refractivity contribution in [3.8, 4) is 0 Å². The second kappa shape index (κ2) is 10.0. The van der Waals surface area contributed by atoms with Crippen LogP contribution in [0.2, 0.25) is 0 Å². The number of carbonyl (C=O) groups is 1. The van der Waals surface area contributed by atoms with Crippen LogP contribution in [0.3, 0.4) is 0 Å². The summed E-state index contributed by atoms with van der Waals surface area (Å²) < 4.78 is 11.1. The van der Waals surface area contributed by atoms with E-state index in [1.165, 1.54) is 11.1 Å². The normalized spacial score (nSPS) is 24.4. The van der Waals surface area contributed by atoms with Crippen LogP contribution in [0.15, 0.2) is 36.4 Å². The number of piperidine rings is 1. The Bertz CT molecular complexity index is 623. The van der Waals surface area contributed by atoms with Gasteiger partial charge in [0.25, 0.3) is 0 Å². The summed E-state index contributed by atoms with van der Waals surface area (Å²) in [6.07, 6.45) is 5.79. The Hall–Kier alpha value is -1.69.